The van der Waals surface area contributed by atoms with Crippen LogP contribution in [-0.4, -0.2) is 37.0 Å². The first-order valence-corrected chi connectivity index (χ1v) is 6.72. The highest BCUT2D eigenvalue weighted by molar-refractivity contribution is 9.10. The highest BCUT2D eigenvalue weighted by Gasteiger charge is 2.22. The fourth-order valence-electron chi connectivity index (χ4n) is 1.34. The van der Waals surface area contributed by atoms with Gasteiger partial charge in [0.05, 0.1) is 5.52 Å². The van der Waals surface area contributed by atoms with E-state index in [1.807, 2.05) is 6.07 Å². The van der Waals surface area contributed by atoms with E-state index in [1.165, 1.54) is 14.1 Å². The summed E-state index contributed by atoms with van der Waals surface area (Å²) in [5.74, 6) is 0. The average molecular weight is 304 g/mol. The lowest BCUT2D eigenvalue weighted by Gasteiger charge is -2.09. The molecule has 0 saturated carbocycles. The zero-order valence-corrected chi connectivity index (χ0v) is 11.1. The van der Waals surface area contributed by atoms with E-state index in [1.54, 1.807) is 12.1 Å². The maximum atomic E-state index is 12.0. The first-order chi connectivity index (χ1) is 7.43. The highest BCUT2D eigenvalue weighted by atomic mass is 79.9. The van der Waals surface area contributed by atoms with Crippen LogP contribution in [0, 0.1) is 0 Å². The van der Waals surface area contributed by atoms with Gasteiger partial charge in [0.1, 0.15) is 0 Å². The summed E-state index contributed by atoms with van der Waals surface area (Å²) in [7, 11) is -0.510. The second-order valence-electron chi connectivity index (χ2n) is 3.50. The molecule has 0 radical (unpaired) electrons. The van der Waals surface area contributed by atoms with Gasteiger partial charge in [0.25, 0.3) is 10.0 Å². The van der Waals surface area contributed by atoms with E-state index in [4.69, 9.17) is 0 Å². The standard InChI is InChI=1S/C9H10BrN3O2S/c1-13(2)16(14,15)9-7-5-6(10)3-4-8(7)11-12-9/h3-5H,1-2H3,(H,11,12). The number of aromatic nitrogens is 2. The number of aromatic amines is 1. The molecule has 0 spiro atoms. The summed E-state index contributed by atoms with van der Waals surface area (Å²) in [6.45, 7) is 0. The lowest BCUT2D eigenvalue weighted by molar-refractivity contribution is 0.517. The maximum absolute atomic E-state index is 12.0. The Balaban J connectivity index is 2.76. The van der Waals surface area contributed by atoms with Crippen LogP contribution >= 0.6 is 15.9 Å². The Morgan fingerprint density at radius 1 is 1.38 bits per heavy atom. The predicted molar refractivity (Wildman–Crippen MR) is 64.7 cm³/mol. The second kappa shape index (κ2) is 3.83. The number of H-pyrrole nitrogens is 1. The molecule has 1 N–H and O–H groups in total. The molecule has 86 valence electrons. The van der Waals surface area contributed by atoms with E-state index in [0.29, 0.717) is 10.9 Å². The van der Waals surface area contributed by atoms with Gasteiger partial charge in [-0.15, -0.1) is 0 Å². The number of halogens is 1. The van der Waals surface area contributed by atoms with Gasteiger partial charge in [-0.1, -0.05) is 15.9 Å². The first kappa shape index (κ1) is 11.6. The van der Waals surface area contributed by atoms with Crippen LogP contribution in [0.5, 0.6) is 0 Å². The van der Waals surface area contributed by atoms with Crippen molar-refractivity contribution in [2.24, 2.45) is 0 Å². The Bertz CT molecular complexity index is 633. The Kier molecular flexibility index (Phi) is 2.77. The van der Waals surface area contributed by atoms with Crippen molar-refractivity contribution >= 4 is 36.9 Å². The summed E-state index contributed by atoms with van der Waals surface area (Å²) < 4.78 is 25.9. The number of benzene rings is 1. The highest BCUT2D eigenvalue weighted by Crippen LogP contribution is 2.25. The van der Waals surface area contributed by atoms with Crippen molar-refractivity contribution in [3.8, 4) is 0 Å². The molecular weight excluding hydrogens is 294 g/mol. The van der Waals surface area contributed by atoms with Gasteiger partial charge in [-0.25, -0.2) is 12.7 Å². The largest absolute Gasteiger partial charge is 0.265 e. The molecule has 5 nitrogen and oxygen atoms in total. The number of sulfonamides is 1. The van der Waals surface area contributed by atoms with Crippen LogP contribution in [0.1, 0.15) is 0 Å². The number of hydrogen-bond acceptors (Lipinski definition) is 3. The number of fused-ring (bicyclic) bond motifs is 1. The molecule has 0 fully saturated rings. The van der Waals surface area contributed by atoms with Crippen LogP contribution in [0.3, 0.4) is 0 Å². The molecule has 0 bridgehead atoms. The Labute approximate surface area is 102 Å². The minimum Gasteiger partial charge on any atom is -0.265 e. The fourth-order valence-corrected chi connectivity index (χ4v) is 2.67. The summed E-state index contributed by atoms with van der Waals surface area (Å²) >= 11 is 3.30. The molecule has 2 aromatic rings. The second-order valence-corrected chi connectivity index (χ2v) is 6.51. The van der Waals surface area contributed by atoms with Gasteiger partial charge in [-0.3, -0.25) is 5.10 Å². The summed E-state index contributed by atoms with van der Waals surface area (Å²) in [6.07, 6.45) is 0. The molecule has 0 atom stereocenters. The molecule has 0 aliphatic rings. The number of hydrogen-bond donors (Lipinski definition) is 1. The summed E-state index contributed by atoms with van der Waals surface area (Å²) in [6, 6.07) is 5.30. The summed E-state index contributed by atoms with van der Waals surface area (Å²) in [4.78, 5) is 0. The van der Waals surface area contributed by atoms with Crippen LogP contribution in [0.25, 0.3) is 10.9 Å². The zero-order chi connectivity index (χ0) is 11.9. The van der Waals surface area contributed by atoms with Crippen molar-refractivity contribution in [2.75, 3.05) is 14.1 Å². The zero-order valence-electron chi connectivity index (χ0n) is 8.73. The molecule has 0 unspecified atom stereocenters. The van der Waals surface area contributed by atoms with Crippen LogP contribution in [-0.2, 0) is 10.0 Å². The van der Waals surface area contributed by atoms with Gasteiger partial charge in [0, 0.05) is 24.0 Å². The van der Waals surface area contributed by atoms with E-state index >= 15 is 0 Å². The summed E-state index contributed by atoms with van der Waals surface area (Å²) in [5.41, 5.74) is 0.628. The maximum Gasteiger partial charge on any atom is 0.260 e. The average Bonchev–Trinajstić information content (AvgIpc) is 2.60. The van der Waals surface area contributed by atoms with E-state index in [0.717, 1.165) is 8.78 Å². The fraction of sp³-hybridized carbons (Fsp3) is 0.222. The third kappa shape index (κ3) is 1.74. The van der Waals surface area contributed by atoms with Crippen LogP contribution in [0.2, 0.25) is 0 Å². The van der Waals surface area contributed by atoms with Crippen molar-refractivity contribution in [3.63, 3.8) is 0 Å². The molecule has 16 heavy (non-hydrogen) atoms. The third-order valence-electron chi connectivity index (χ3n) is 2.22. The van der Waals surface area contributed by atoms with Gasteiger partial charge in [-0.05, 0) is 18.2 Å². The van der Waals surface area contributed by atoms with Gasteiger partial charge in [-0.2, -0.15) is 5.10 Å². The molecule has 7 heteroatoms. The normalized spacial score (nSPS) is 12.5. The molecular formula is C9H10BrN3O2S. The molecule has 0 amide bonds. The first-order valence-electron chi connectivity index (χ1n) is 4.49. The van der Waals surface area contributed by atoms with E-state index in [-0.39, 0.29) is 5.03 Å². The Hall–Kier alpha value is -0.920. The Morgan fingerprint density at radius 3 is 2.69 bits per heavy atom. The molecule has 1 aromatic carbocycles. The van der Waals surface area contributed by atoms with E-state index in [9.17, 15) is 8.42 Å². The van der Waals surface area contributed by atoms with Gasteiger partial charge in [0.2, 0.25) is 0 Å². The SMILES string of the molecule is CN(C)S(=O)(=O)c1[nH]nc2ccc(Br)cc12. The third-order valence-corrected chi connectivity index (χ3v) is 4.50. The molecule has 1 aromatic heterocycles. The van der Waals surface area contributed by atoms with Crippen molar-refractivity contribution < 1.29 is 8.42 Å². The monoisotopic (exact) mass is 303 g/mol. The van der Waals surface area contributed by atoms with Crippen molar-refractivity contribution in [3.05, 3.63) is 22.7 Å². The smallest absolute Gasteiger partial charge is 0.260 e. The minimum absolute atomic E-state index is 0.119. The number of nitrogens with zero attached hydrogens (tertiary/aromatic N) is 2. The predicted octanol–water partition coefficient (Wildman–Crippen LogP) is 1.58. The van der Waals surface area contributed by atoms with Crippen LogP contribution in [0.4, 0.5) is 0 Å². The van der Waals surface area contributed by atoms with Gasteiger partial charge in [0.15, 0.2) is 5.03 Å². The number of nitrogens with one attached hydrogen (secondary N) is 1. The minimum atomic E-state index is -3.48. The summed E-state index contributed by atoms with van der Waals surface area (Å²) in [5, 5.41) is 7.22. The molecule has 0 aliphatic carbocycles. The number of rotatable bonds is 2. The van der Waals surface area contributed by atoms with Crippen LogP contribution in [0.15, 0.2) is 27.7 Å². The van der Waals surface area contributed by atoms with Crippen molar-refractivity contribution in [1.82, 2.24) is 14.5 Å². The lowest BCUT2D eigenvalue weighted by Crippen LogP contribution is -2.22. The molecule has 2 rings (SSSR count). The lowest BCUT2D eigenvalue weighted by atomic mass is 10.3. The van der Waals surface area contributed by atoms with E-state index < -0.39 is 10.0 Å². The van der Waals surface area contributed by atoms with Crippen molar-refractivity contribution in [1.29, 1.82) is 0 Å². The Morgan fingerprint density at radius 2 is 2.06 bits per heavy atom. The van der Waals surface area contributed by atoms with Crippen LogP contribution < -0.4 is 0 Å². The van der Waals surface area contributed by atoms with Gasteiger partial charge < -0.3 is 0 Å². The topological polar surface area (TPSA) is 66.1 Å². The molecule has 0 aliphatic heterocycles. The molecule has 1 heterocycles. The van der Waals surface area contributed by atoms with Gasteiger partial charge >= 0.3 is 0 Å². The quantitative estimate of drug-likeness (QED) is 0.916. The van der Waals surface area contributed by atoms with E-state index in [2.05, 4.69) is 26.1 Å². The molecule has 0 saturated heterocycles. The van der Waals surface area contributed by atoms with Crippen molar-refractivity contribution in [2.45, 2.75) is 5.03 Å².